The lowest BCUT2D eigenvalue weighted by molar-refractivity contribution is -0.125. The fourth-order valence-electron chi connectivity index (χ4n) is 4.26. The van der Waals surface area contributed by atoms with E-state index in [1.54, 1.807) is 0 Å². The first-order valence-corrected chi connectivity index (χ1v) is 8.80. The van der Waals surface area contributed by atoms with Crippen molar-refractivity contribution in [3.8, 4) is 0 Å². The van der Waals surface area contributed by atoms with Gasteiger partial charge in [0, 0.05) is 12.1 Å². The van der Waals surface area contributed by atoms with Crippen molar-refractivity contribution in [1.29, 1.82) is 0 Å². The summed E-state index contributed by atoms with van der Waals surface area (Å²) < 4.78 is 0. The molecule has 0 unspecified atom stereocenters. The topological polar surface area (TPSA) is 58.2 Å². The Morgan fingerprint density at radius 3 is 2.65 bits per heavy atom. The minimum Gasteiger partial charge on any atom is -0.347 e. The zero-order chi connectivity index (χ0) is 16.2. The second kappa shape index (κ2) is 7.16. The fraction of sp³-hybridized carbons (Fsp3) is 0.579. The Morgan fingerprint density at radius 1 is 1.13 bits per heavy atom. The van der Waals surface area contributed by atoms with E-state index in [0.717, 1.165) is 29.5 Å². The highest BCUT2D eigenvalue weighted by Crippen LogP contribution is 2.49. The van der Waals surface area contributed by atoms with E-state index in [-0.39, 0.29) is 18.4 Å². The van der Waals surface area contributed by atoms with E-state index in [1.165, 1.54) is 25.7 Å². The highest BCUT2D eigenvalue weighted by atomic mass is 16.2. The van der Waals surface area contributed by atoms with Crippen molar-refractivity contribution in [2.45, 2.75) is 45.4 Å². The molecular formula is C19H26N2O2. The number of fused-ring (bicyclic) bond motifs is 2. The Balaban J connectivity index is 1.42. The molecule has 0 saturated heterocycles. The second-order valence-corrected chi connectivity index (χ2v) is 6.97. The number of anilines is 1. The predicted molar refractivity (Wildman–Crippen MR) is 91.0 cm³/mol. The summed E-state index contributed by atoms with van der Waals surface area (Å²) in [7, 11) is 0. The smallest absolute Gasteiger partial charge is 0.243 e. The molecule has 3 atom stereocenters. The summed E-state index contributed by atoms with van der Waals surface area (Å²) in [5.41, 5.74) is 1.94. The molecule has 2 aliphatic carbocycles. The van der Waals surface area contributed by atoms with Crippen molar-refractivity contribution in [1.82, 2.24) is 5.32 Å². The molecule has 1 aromatic carbocycles. The van der Waals surface area contributed by atoms with Crippen LogP contribution in [0.15, 0.2) is 24.3 Å². The first-order valence-electron chi connectivity index (χ1n) is 8.80. The Labute approximate surface area is 138 Å². The van der Waals surface area contributed by atoms with Crippen LogP contribution in [0, 0.1) is 17.8 Å². The number of nitrogens with one attached hydrogen (secondary N) is 2. The predicted octanol–water partition coefficient (Wildman–Crippen LogP) is 3.13. The number of carbonyl (C=O) groups excluding carboxylic acids is 2. The van der Waals surface area contributed by atoms with Crippen molar-refractivity contribution in [2.75, 3.05) is 11.9 Å². The van der Waals surface area contributed by atoms with Crippen LogP contribution >= 0.6 is 0 Å². The van der Waals surface area contributed by atoms with E-state index in [1.807, 2.05) is 24.3 Å². The Morgan fingerprint density at radius 2 is 1.96 bits per heavy atom. The molecule has 0 radical (unpaired) electrons. The maximum Gasteiger partial charge on any atom is 0.243 e. The van der Waals surface area contributed by atoms with Crippen LogP contribution in [0.3, 0.4) is 0 Å². The van der Waals surface area contributed by atoms with E-state index in [4.69, 9.17) is 0 Å². The first-order chi connectivity index (χ1) is 11.2. The molecule has 2 fully saturated rings. The molecule has 1 aromatic rings. The molecule has 2 bridgehead atoms. The molecule has 0 aromatic heterocycles. The lowest BCUT2D eigenvalue weighted by Gasteiger charge is -2.20. The third-order valence-electron chi connectivity index (χ3n) is 5.45. The number of aryl methyl sites for hydroxylation is 1. The first kappa shape index (κ1) is 16.0. The van der Waals surface area contributed by atoms with Crippen LogP contribution in [-0.2, 0) is 16.0 Å². The van der Waals surface area contributed by atoms with Gasteiger partial charge in [-0.25, -0.2) is 0 Å². The van der Waals surface area contributed by atoms with Gasteiger partial charge < -0.3 is 10.6 Å². The van der Waals surface area contributed by atoms with Crippen LogP contribution in [0.1, 0.15) is 44.6 Å². The summed E-state index contributed by atoms with van der Waals surface area (Å²) in [6.07, 6.45) is 6.60. The summed E-state index contributed by atoms with van der Waals surface area (Å²) >= 11 is 0. The van der Waals surface area contributed by atoms with Gasteiger partial charge in [0.05, 0.1) is 6.54 Å². The Bertz CT molecular complexity index is 584. The van der Waals surface area contributed by atoms with Crippen molar-refractivity contribution < 1.29 is 9.59 Å². The third-order valence-corrected chi connectivity index (χ3v) is 5.45. The molecule has 4 heteroatoms. The maximum absolute atomic E-state index is 12.1. The van der Waals surface area contributed by atoms with Gasteiger partial charge in [0.1, 0.15) is 0 Å². The van der Waals surface area contributed by atoms with Crippen molar-refractivity contribution in [2.24, 2.45) is 17.8 Å². The molecular weight excluding hydrogens is 288 g/mol. The minimum absolute atomic E-state index is 0.0153. The van der Waals surface area contributed by atoms with Crippen molar-refractivity contribution >= 4 is 17.5 Å². The second-order valence-electron chi connectivity index (χ2n) is 6.97. The van der Waals surface area contributed by atoms with E-state index in [9.17, 15) is 9.59 Å². The Hall–Kier alpha value is -1.84. The van der Waals surface area contributed by atoms with Gasteiger partial charge in [0.25, 0.3) is 0 Å². The number of hydrogen-bond acceptors (Lipinski definition) is 2. The zero-order valence-electron chi connectivity index (χ0n) is 13.8. The summed E-state index contributed by atoms with van der Waals surface area (Å²) in [5, 5.41) is 5.66. The lowest BCUT2D eigenvalue weighted by Crippen LogP contribution is -2.34. The number of benzene rings is 1. The Kier molecular flexibility index (Phi) is 4.99. The van der Waals surface area contributed by atoms with Crippen LogP contribution < -0.4 is 10.6 Å². The highest BCUT2D eigenvalue weighted by Gasteiger charge is 2.40. The van der Waals surface area contributed by atoms with Gasteiger partial charge in [-0.2, -0.15) is 0 Å². The van der Waals surface area contributed by atoms with E-state index >= 15 is 0 Å². The maximum atomic E-state index is 12.1. The van der Waals surface area contributed by atoms with Gasteiger partial charge in [0.2, 0.25) is 11.8 Å². The molecule has 0 heterocycles. The van der Waals surface area contributed by atoms with Crippen LogP contribution in [0.25, 0.3) is 0 Å². The third kappa shape index (κ3) is 3.92. The molecule has 124 valence electrons. The number of rotatable bonds is 6. The number of carbonyl (C=O) groups is 2. The van der Waals surface area contributed by atoms with Crippen molar-refractivity contribution in [3.05, 3.63) is 29.8 Å². The highest BCUT2D eigenvalue weighted by molar-refractivity contribution is 5.95. The molecule has 0 aliphatic heterocycles. The number of para-hydroxylation sites is 1. The SMILES string of the molecule is CCc1ccccc1NC(=O)CNC(=O)C[C@H]1C[C@@H]2CC[C@@H]1C2. The van der Waals surface area contributed by atoms with Gasteiger partial charge in [-0.1, -0.05) is 31.5 Å². The summed E-state index contributed by atoms with van der Waals surface area (Å²) in [4.78, 5) is 24.1. The largest absolute Gasteiger partial charge is 0.347 e. The van der Waals surface area contributed by atoms with Gasteiger partial charge in [-0.3, -0.25) is 9.59 Å². The normalized spacial score (nSPS) is 25.3. The standard InChI is InChI=1S/C19H26N2O2/c1-2-14-5-3-4-6-17(14)21-19(23)12-20-18(22)11-16-10-13-7-8-15(16)9-13/h3-6,13,15-16H,2,7-12H2,1H3,(H,20,22)(H,21,23)/t13-,15-,16-/m1/s1. The molecule has 2 amide bonds. The van der Waals surface area contributed by atoms with Gasteiger partial charge in [-0.15, -0.1) is 0 Å². The zero-order valence-corrected chi connectivity index (χ0v) is 13.8. The molecule has 3 rings (SSSR count). The van der Waals surface area contributed by atoms with E-state index < -0.39 is 0 Å². The van der Waals surface area contributed by atoms with Crippen LogP contribution in [0.5, 0.6) is 0 Å². The molecule has 0 spiro atoms. The van der Waals surface area contributed by atoms with E-state index in [2.05, 4.69) is 17.6 Å². The molecule has 2 saturated carbocycles. The molecule has 2 aliphatic rings. The quantitative estimate of drug-likeness (QED) is 0.847. The summed E-state index contributed by atoms with van der Waals surface area (Å²) in [6, 6.07) is 7.77. The van der Waals surface area contributed by atoms with Crippen LogP contribution in [0.2, 0.25) is 0 Å². The average molecular weight is 314 g/mol. The summed E-state index contributed by atoms with van der Waals surface area (Å²) in [6.45, 7) is 2.11. The van der Waals surface area contributed by atoms with E-state index in [0.29, 0.717) is 12.3 Å². The van der Waals surface area contributed by atoms with Crippen molar-refractivity contribution in [3.63, 3.8) is 0 Å². The van der Waals surface area contributed by atoms with Gasteiger partial charge in [0.15, 0.2) is 0 Å². The molecule has 2 N–H and O–H groups in total. The molecule has 4 nitrogen and oxygen atoms in total. The number of hydrogen-bond donors (Lipinski definition) is 2. The fourth-order valence-corrected chi connectivity index (χ4v) is 4.26. The van der Waals surface area contributed by atoms with Gasteiger partial charge >= 0.3 is 0 Å². The average Bonchev–Trinajstić information content (AvgIpc) is 3.16. The van der Waals surface area contributed by atoms with Gasteiger partial charge in [-0.05, 0) is 55.1 Å². The van der Waals surface area contributed by atoms with Crippen LogP contribution in [0.4, 0.5) is 5.69 Å². The monoisotopic (exact) mass is 314 g/mol. The molecule has 23 heavy (non-hydrogen) atoms. The number of amides is 2. The lowest BCUT2D eigenvalue weighted by atomic mass is 9.86. The minimum atomic E-state index is -0.160. The van der Waals surface area contributed by atoms with Crippen LogP contribution in [-0.4, -0.2) is 18.4 Å². The summed E-state index contributed by atoms with van der Waals surface area (Å²) in [5.74, 6) is 1.99.